The molecule has 2 nitrogen and oxygen atoms in total. The number of halogens is 2. The van der Waals surface area contributed by atoms with Gasteiger partial charge >= 0.3 is 5.97 Å². The van der Waals surface area contributed by atoms with Crippen LogP contribution < -0.4 is 0 Å². The van der Waals surface area contributed by atoms with Crippen molar-refractivity contribution in [3.8, 4) is 0 Å². The lowest BCUT2D eigenvalue weighted by molar-refractivity contribution is 0.0601. The van der Waals surface area contributed by atoms with Gasteiger partial charge in [0, 0.05) is 4.47 Å². The van der Waals surface area contributed by atoms with Crippen LogP contribution in [0.1, 0.15) is 10.4 Å². The van der Waals surface area contributed by atoms with Crippen LogP contribution in [0.15, 0.2) is 34.8 Å². The number of carbonyl (C=O) groups excluding carboxylic acids is 1. The maximum Gasteiger partial charge on any atom is 0.337 e. The van der Waals surface area contributed by atoms with E-state index in [1.807, 2.05) is 0 Å². The number of fused-ring (bicyclic) bond motifs is 1. The van der Waals surface area contributed by atoms with Gasteiger partial charge in [0.05, 0.1) is 12.7 Å². The summed E-state index contributed by atoms with van der Waals surface area (Å²) in [7, 11) is 1.32. The maximum atomic E-state index is 13.0. The van der Waals surface area contributed by atoms with Crippen molar-refractivity contribution in [2.24, 2.45) is 0 Å². The molecule has 16 heavy (non-hydrogen) atoms. The highest BCUT2D eigenvalue weighted by molar-refractivity contribution is 9.10. The number of methoxy groups -OCH3 is 1. The lowest BCUT2D eigenvalue weighted by Gasteiger charge is -2.04. The van der Waals surface area contributed by atoms with Crippen molar-refractivity contribution in [3.05, 3.63) is 46.2 Å². The predicted molar refractivity (Wildman–Crippen MR) is 62.9 cm³/mol. The molecule has 0 N–H and O–H groups in total. The fraction of sp³-hybridized carbons (Fsp3) is 0.0833. The van der Waals surface area contributed by atoms with E-state index in [2.05, 4.69) is 20.7 Å². The molecule has 0 saturated carbocycles. The number of rotatable bonds is 1. The van der Waals surface area contributed by atoms with E-state index < -0.39 is 5.97 Å². The Morgan fingerprint density at radius 1 is 1.31 bits per heavy atom. The molecule has 82 valence electrons. The Morgan fingerprint density at radius 3 is 2.75 bits per heavy atom. The van der Waals surface area contributed by atoms with Crippen molar-refractivity contribution >= 4 is 32.7 Å². The smallest absolute Gasteiger partial charge is 0.337 e. The van der Waals surface area contributed by atoms with Gasteiger partial charge in [-0.05, 0) is 35.0 Å². The van der Waals surface area contributed by atoms with E-state index in [9.17, 15) is 9.18 Å². The number of hydrogen-bond acceptors (Lipinski definition) is 2. The van der Waals surface area contributed by atoms with Crippen LogP contribution in [-0.2, 0) is 4.74 Å². The van der Waals surface area contributed by atoms with Gasteiger partial charge in [-0.25, -0.2) is 9.18 Å². The summed E-state index contributed by atoms with van der Waals surface area (Å²) in [6.07, 6.45) is 0. The van der Waals surface area contributed by atoms with Crippen LogP contribution in [-0.4, -0.2) is 13.1 Å². The monoisotopic (exact) mass is 282 g/mol. The topological polar surface area (TPSA) is 26.3 Å². The number of carbonyl (C=O) groups is 1. The molecule has 0 saturated heterocycles. The quantitative estimate of drug-likeness (QED) is 0.748. The van der Waals surface area contributed by atoms with Crippen LogP contribution >= 0.6 is 15.9 Å². The Labute approximate surface area is 100 Å². The molecular formula is C12H8BrFO2. The van der Waals surface area contributed by atoms with Gasteiger partial charge in [-0.3, -0.25) is 0 Å². The number of ether oxygens (including phenoxy) is 1. The average molecular weight is 283 g/mol. The van der Waals surface area contributed by atoms with Gasteiger partial charge in [-0.2, -0.15) is 0 Å². The Bertz CT molecular complexity index is 566. The van der Waals surface area contributed by atoms with Crippen molar-refractivity contribution in [2.75, 3.05) is 7.11 Å². The fourth-order valence-corrected chi connectivity index (χ4v) is 2.11. The highest BCUT2D eigenvalue weighted by atomic mass is 79.9. The first-order chi connectivity index (χ1) is 7.61. The molecule has 0 aliphatic carbocycles. The molecule has 2 aromatic rings. The third kappa shape index (κ3) is 1.93. The summed E-state index contributed by atoms with van der Waals surface area (Å²) in [5.41, 5.74) is 0.438. The minimum Gasteiger partial charge on any atom is -0.465 e. The number of esters is 1. The van der Waals surface area contributed by atoms with Gasteiger partial charge in [0.15, 0.2) is 0 Å². The largest absolute Gasteiger partial charge is 0.465 e. The Kier molecular flexibility index (Phi) is 2.92. The summed E-state index contributed by atoms with van der Waals surface area (Å²) in [4.78, 5) is 11.4. The lowest BCUT2D eigenvalue weighted by Crippen LogP contribution is -2.01. The van der Waals surface area contributed by atoms with Crippen LogP contribution in [0, 0.1) is 5.82 Å². The molecule has 2 rings (SSSR count). The van der Waals surface area contributed by atoms with E-state index in [1.165, 1.54) is 19.2 Å². The first-order valence-corrected chi connectivity index (χ1v) is 5.38. The zero-order valence-corrected chi connectivity index (χ0v) is 10.0. The van der Waals surface area contributed by atoms with E-state index >= 15 is 0 Å². The first kappa shape index (κ1) is 11.1. The second-order valence-electron chi connectivity index (χ2n) is 3.32. The van der Waals surface area contributed by atoms with Gasteiger partial charge in [0.25, 0.3) is 0 Å². The summed E-state index contributed by atoms with van der Waals surface area (Å²) in [5, 5.41) is 1.52. The Balaban J connectivity index is 2.68. The Morgan fingerprint density at radius 2 is 2.06 bits per heavy atom. The van der Waals surface area contributed by atoms with Crippen LogP contribution in [0.25, 0.3) is 10.8 Å². The zero-order chi connectivity index (χ0) is 11.7. The third-order valence-corrected chi connectivity index (χ3v) is 2.94. The molecule has 2 aromatic carbocycles. The average Bonchev–Trinajstić information content (AvgIpc) is 2.28. The van der Waals surface area contributed by atoms with Crippen LogP contribution in [0.4, 0.5) is 4.39 Å². The molecule has 0 aromatic heterocycles. The molecule has 0 heterocycles. The van der Waals surface area contributed by atoms with E-state index in [1.54, 1.807) is 18.2 Å². The second-order valence-corrected chi connectivity index (χ2v) is 4.17. The Hall–Kier alpha value is -1.42. The van der Waals surface area contributed by atoms with Gasteiger partial charge in [-0.1, -0.05) is 22.0 Å². The molecule has 0 unspecified atom stereocenters. The van der Waals surface area contributed by atoms with E-state index in [4.69, 9.17) is 0 Å². The summed E-state index contributed by atoms with van der Waals surface area (Å²) in [6.45, 7) is 0. The van der Waals surface area contributed by atoms with Crippen LogP contribution in [0.3, 0.4) is 0 Å². The summed E-state index contributed by atoms with van der Waals surface area (Å²) in [5.74, 6) is -0.717. The van der Waals surface area contributed by atoms with Crippen molar-refractivity contribution in [1.82, 2.24) is 0 Å². The van der Waals surface area contributed by atoms with Crippen molar-refractivity contribution in [1.29, 1.82) is 0 Å². The van der Waals surface area contributed by atoms with Gasteiger partial charge in [0.2, 0.25) is 0 Å². The fourth-order valence-electron chi connectivity index (χ4n) is 1.52. The SMILES string of the molecule is COC(=O)c1cc(Br)c2cc(F)ccc2c1. The number of benzene rings is 2. The van der Waals surface area contributed by atoms with Crippen LogP contribution in [0.5, 0.6) is 0 Å². The highest BCUT2D eigenvalue weighted by Crippen LogP contribution is 2.26. The maximum absolute atomic E-state index is 13.0. The molecule has 0 atom stereocenters. The highest BCUT2D eigenvalue weighted by Gasteiger charge is 2.09. The van der Waals surface area contributed by atoms with Gasteiger partial charge in [0.1, 0.15) is 5.82 Å². The molecule has 0 radical (unpaired) electrons. The first-order valence-electron chi connectivity index (χ1n) is 4.59. The van der Waals surface area contributed by atoms with Crippen molar-refractivity contribution < 1.29 is 13.9 Å². The minimum absolute atomic E-state index is 0.306. The molecule has 0 fully saturated rings. The normalized spacial score (nSPS) is 10.4. The summed E-state index contributed by atoms with van der Waals surface area (Å²) >= 11 is 3.30. The van der Waals surface area contributed by atoms with E-state index in [0.717, 1.165) is 10.8 Å². The minimum atomic E-state index is -0.410. The van der Waals surface area contributed by atoms with Gasteiger partial charge < -0.3 is 4.74 Å². The number of hydrogen-bond donors (Lipinski definition) is 0. The third-order valence-electron chi connectivity index (χ3n) is 2.29. The molecule has 0 aliphatic heterocycles. The van der Waals surface area contributed by atoms with Gasteiger partial charge in [-0.15, -0.1) is 0 Å². The molecule has 0 amide bonds. The van der Waals surface area contributed by atoms with Crippen LogP contribution in [0.2, 0.25) is 0 Å². The molecule has 0 bridgehead atoms. The zero-order valence-electron chi connectivity index (χ0n) is 8.46. The molecule has 0 spiro atoms. The lowest BCUT2D eigenvalue weighted by atomic mass is 10.1. The molecular weight excluding hydrogens is 275 g/mol. The summed E-state index contributed by atoms with van der Waals surface area (Å²) in [6, 6.07) is 7.69. The van der Waals surface area contributed by atoms with Crippen molar-refractivity contribution in [3.63, 3.8) is 0 Å². The van der Waals surface area contributed by atoms with Crippen molar-refractivity contribution in [2.45, 2.75) is 0 Å². The second kappa shape index (κ2) is 4.22. The molecule has 0 aliphatic rings. The summed E-state index contributed by atoms with van der Waals surface area (Å²) < 4.78 is 18.3. The predicted octanol–water partition coefficient (Wildman–Crippen LogP) is 3.53. The standard InChI is InChI=1S/C12H8BrFO2/c1-16-12(15)8-4-7-2-3-9(14)6-10(7)11(13)5-8/h2-6H,1H3. The van der Waals surface area contributed by atoms with E-state index in [-0.39, 0.29) is 5.82 Å². The van der Waals surface area contributed by atoms with E-state index in [0.29, 0.717) is 10.0 Å². The molecule has 4 heteroatoms.